The molecule has 4 heteroatoms. The monoisotopic (exact) mass is 291 g/mol. The molecule has 0 aliphatic carbocycles. The number of hydrogen-bond acceptors (Lipinski definition) is 3. The van der Waals surface area contributed by atoms with Crippen LogP contribution in [0.3, 0.4) is 0 Å². The minimum absolute atomic E-state index is 0.404. The maximum absolute atomic E-state index is 5.17. The highest BCUT2D eigenvalue weighted by atomic mass is 127. The van der Waals surface area contributed by atoms with Gasteiger partial charge in [-0.1, -0.05) is 0 Å². The molecule has 1 aliphatic rings. The van der Waals surface area contributed by atoms with E-state index < -0.39 is 0 Å². The smallest absolute Gasteiger partial charge is 0.151 e. The molecule has 13 heavy (non-hydrogen) atoms. The van der Waals surface area contributed by atoms with Gasteiger partial charge in [0.05, 0.1) is 0 Å². The lowest BCUT2D eigenvalue weighted by atomic mass is 10.3. The third-order valence-electron chi connectivity index (χ3n) is 1.85. The summed E-state index contributed by atoms with van der Waals surface area (Å²) < 4.78 is 11.6. The van der Waals surface area contributed by atoms with E-state index in [0.29, 0.717) is 20.3 Å². The molecule has 0 atom stereocenters. The summed E-state index contributed by atoms with van der Waals surface area (Å²) in [5.41, 5.74) is 1.14. The second-order valence-electron chi connectivity index (χ2n) is 2.80. The second kappa shape index (κ2) is 4.26. The molecule has 0 bridgehead atoms. The Bertz CT molecular complexity index is 269. The predicted molar refractivity (Wildman–Crippen MR) is 58.4 cm³/mol. The van der Waals surface area contributed by atoms with Crippen LogP contribution in [0, 0.1) is 3.57 Å². The molecule has 1 fully saturated rings. The summed E-state index contributed by atoms with van der Waals surface area (Å²) >= 11 is 2.29. The molecule has 0 saturated carbocycles. The molecule has 1 aromatic rings. The Hall–Kier alpha value is -0.330. The highest BCUT2D eigenvalue weighted by Gasteiger charge is 2.10. The molecule has 0 radical (unpaired) electrons. The zero-order valence-corrected chi connectivity index (χ0v) is 9.23. The number of rotatable bonds is 1. The summed E-state index contributed by atoms with van der Waals surface area (Å²) in [6.45, 7) is 1.63. The zero-order chi connectivity index (χ0) is 9.10. The molecular weight excluding hydrogens is 281 g/mol. The van der Waals surface area contributed by atoms with Crippen LogP contribution in [-0.4, -0.2) is 20.3 Å². The van der Waals surface area contributed by atoms with Crippen molar-refractivity contribution >= 4 is 28.3 Å². The van der Waals surface area contributed by atoms with E-state index in [-0.39, 0.29) is 0 Å². The van der Waals surface area contributed by atoms with Crippen molar-refractivity contribution in [3.63, 3.8) is 0 Å². The van der Waals surface area contributed by atoms with Crippen molar-refractivity contribution in [1.82, 2.24) is 0 Å². The van der Waals surface area contributed by atoms with E-state index in [1.807, 2.05) is 4.90 Å². The maximum Gasteiger partial charge on any atom is 0.151 e. The van der Waals surface area contributed by atoms with Crippen LogP contribution in [0.1, 0.15) is 0 Å². The third kappa shape index (κ3) is 2.32. The van der Waals surface area contributed by atoms with Crippen molar-refractivity contribution in [3.05, 3.63) is 27.8 Å². The Morgan fingerprint density at radius 2 is 1.69 bits per heavy atom. The largest absolute Gasteiger partial charge is 0.335 e. The van der Waals surface area contributed by atoms with Crippen LogP contribution in [0.2, 0.25) is 0 Å². The number of nitrogens with zero attached hydrogens (tertiary/aromatic N) is 1. The molecule has 0 amide bonds. The van der Waals surface area contributed by atoms with Crippen LogP contribution in [0.5, 0.6) is 0 Å². The van der Waals surface area contributed by atoms with Crippen molar-refractivity contribution in [2.45, 2.75) is 0 Å². The van der Waals surface area contributed by atoms with Crippen LogP contribution in [0.15, 0.2) is 24.3 Å². The minimum Gasteiger partial charge on any atom is -0.335 e. The van der Waals surface area contributed by atoms with Gasteiger partial charge in [-0.25, -0.2) is 0 Å². The van der Waals surface area contributed by atoms with E-state index in [4.69, 9.17) is 9.47 Å². The zero-order valence-electron chi connectivity index (χ0n) is 7.07. The molecule has 1 aromatic carbocycles. The van der Waals surface area contributed by atoms with Crippen molar-refractivity contribution in [2.24, 2.45) is 0 Å². The van der Waals surface area contributed by atoms with Crippen LogP contribution in [0.4, 0.5) is 5.69 Å². The van der Waals surface area contributed by atoms with E-state index in [1.54, 1.807) is 0 Å². The second-order valence-corrected chi connectivity index (χ2v) is 4.05. The standard InChI is InChI=1S/C9H10INO2/c10-8-1-3-9(4-2-8)11-5-12-7-13-6-11/h1-4H,5-7H2. The maximum atomic E-state index is 5.17. The topological polar surface area (TPSA) is 21.7 Å². The Morgan fingerprint density at radius 1 is 1.08 bits per heavy atom. The molecule has 2 rings (SSSR count). The van der Waals surface area contributed by atoms with Gasteiger partial charge >= 0.3 is 0 Å². The Kier molecular flexibility index (Phi) is 3.02. The van der Waals surface area contributed by atoms with Gasteiger partial charge in [0.25, 0.3) is 0 Å². The first-order valence-corrected chi connectivity index (χ1v) is 5.10. The Labute approximate surface area is 90.8 Å². The predicted octanol–water partition coefficient (Wildman–Crippen LogP) is 2.02. The first-order chi connectivity index (χ1) is 6.36. The van der Waals surface area contributed by atoms with Gasteiger partial charge in [0.2, 0.25) is 0 Å². The fourth-order valence-corrected chi connectivity index (χ4v) is 1.55. The molecule has 1 aliphatic heterocycles. The lowest BCUT2D eigenvalue weighted by molar-refractivity contribution is -0.0942. The summed E-state index contributed by atoms with van der Waals surface area (Å²) in [6.07, 6.45) is 0. The van der Waals surface area contributed by atoms with E-state index >= 15 is 0 Å². The molecule has 0 aromatic heterocycles. The summed E-state index contributed by atoms with van der Waals surface area (Å²) in [5, 5.41) is 0. The van der Waals surface area contributed by atoms with E-state index in [0.717, 1.165) is 5.69 Å². The number of benzene rings is 1. The van der Waals surface area contributed by atoms with Gasteiger partial charge in [-0.15, -0.1) is 0 Å². The van der Waals surface area contributed by atoms with Gasteiger partial charge in [-0.3, -0.25) is 0 Å². The Balaban J connectivity index is 2.10. The summed E-state index contributed by atoms with van der Waals surface area (Å²) in [7, 11) is 0. The van der Waals surface area contributed by atoms with Gasteiger partial charge in [0.1, 0.15) is 13.5 Å². The molecule has 3 nitrogen and oxygen atoms in total. The van der Waals surface area contributed by atoms with Gasteiger partial charge < -0.3 is 14.4 Å². The fraction of sp³-hybridized carbons (Fsp3) is 0.333. The lowest BCUT2D eigenvalue weighted by Gasteiger charge is -2.28. The van der Waals surface area contributed by atoms with Gasteiger partial charge in [-0.05, 0) is 46.9 Å². The molecule has 70 valence electrons. The SMILES string of the molecule is Ic1ccc(N2COCOC2)cc1. The molecule has 0 unspecified atom stereocenters. The number of halogens is 1. The summed E-state index contributed by atoms with van der Waals surface area (Å²) in [5.74, 6) is 0. The highest BCUT2D eigenvalue weighted by molar-refractivity contribution is 14.1. The van der Waals surface area contributed by atoms with Crippen LogP contribution >= 0.6 is 22.6 Å². The first-order valence-electron chi connectivity index (χ1n) is 4.02. The molecule has 1 heterocycles. The molecular formula is C9H10INO2. The first kappa shape index (κ1) is 9.23. The van der Waals surface area contributed by atoms with Gasteiger partial charge in [0.15, 0.2) is 6.79 Å². The van der Waals surface area contributed by atoms with Crippen molar-refractivity contribution in [2.75, 3.05) is 25.2 Å². The fourth-order valence-electron chi connectivity index (χ4n) is 1.19. The van der Waals surface area contributed by atoms with Gasteiger partial charge in [-0.2, -0.15) is 0 Å². The Morgan fingerprint density at radius 3 is 2.31 bits per heavy atom. The van der Waals surface area contributed by atoms with Crippen LogP contribution in [0.25, 0.3) is 0 Å². The molecule has 0 spiro atoms. The molecule has 0 N–H and O–H groups in total. The number of hydrogen-bond donors (Lipinski definition) is 0. The molecule has 1 saturated heterocycles. The lowest BCUT2D eigenvalue weighted by Crippen LogP contribution is -2.34. The average molecular weight is 291 g/mol. The number of ether oxygens (including phenoxy) is 2. The van der Waals surface area contributed by atoms with E-state index in [2.05, 4.69) is 46.9 Å². The average Bonchev–Trinajstić information content (AvgIpc) is 2.20. The van der Waals surface area contributed by atoms with Crippen molar-refractivity contribution in [3.8, 4) is 0 Å². The number of anilines is 1. The third-order valence-corrected chi connectivity index (χ3v) is 2.57. The summed E-state index contributed by atoms with van der Waals surface area (Å²) in [4.78, 5) is 2.04. The van der Waals surface area contributed by atoms with Crippen molar-refractivity contribution in [1.29, 1.82) is 0 Å². The minimum atomic E-state index is 0.404. The van der Waals surface area contributed by atoms with Crippen LogP contribution in [-0.2, 0) is 9.47 Å². The van der Waals surface area contributed by atoms with Crippen LogP contribution < -0.4 is 4.90 Å². The van der Waals surface area contributed by atoms with E-state index in [9.17, 15) is 0 Å². The highest BCUT2D eigenvalue weighted by Crippen LogP contribution is 2.17. The van der Waals surface area contributed by atoms with E-state index in [1.165, 1.54) is 3.57 Å². The van der Waals surface area contributed by atoms with Gasteiger partial charge in [0, 0.05) is 9.26 Å². The quantitative estimate of drug-likeness (QED) is 0.739. The summed E-state index contributed by atoms with van der Waals surface area (Å²) in [6, 6.07) is 8.29. The van der Waals surface area contributed by atoms with Crippen molar-refractivity contribution < 1.29 is 9.47 Å². The normalized spacial score (nSPS) is 17.5.